The minimum absolute atomic E-state index is 0.0180. The number of benzene rings is 1. The molecule has 0 aliphatic carbocycles. The maximum Gasteiger partial charge on any atom is 0.259 e. The minimum atomic E-state index is -0.0180. The number of aromatic nitrogens is 3. The second-order valence-corrected chi connectivity index (χ2v) is 7.26. The van der Waals surface area contributed by atoms with Gasteiger partial charge >= 0.3 is 0 Å². The van der Waals surface area contributed by atoms with E-state index in [-0.39, 0.29) is 12.6 Å². The van der Waals surface area contributed by atoms with Crippen LogP contribution in [-0.4, -0.2) is 57.9 Å². The first kappa shape index (κ1) is 18.9. The number of anilines is 1. The summed E-state index contributed by atoms with van der Waals surface area (Å²) < 4.78 is 5.18. The zero-order valence-electron chi connectivity index (χ0n) is 15.6. The molecule has 0 spiro atoms. The van der Waals surface area contributed by atoms with Gasteiger partial charge in [-0.1, -0.05) is 28.9 Å². The second kappa shape index (κ2) is 8.26. The van der Waals surface area contributed by atoms with Crippen LogP contribution in [0.1, 0.15) is 17.4 Å². The zero-order chi connectivity index (χ0) is 19.5. The highest BCUT2D eigenvalue weighted by atomic mass is 35.5. The maximum atomic E-state index is 9.90. The summed E-state index contributed by atoms with van der Waals surface area (Å²) in [5.41, 5.74) is 1.89. The number of hydrogen-bond donors (Lipinski definition) is 1. The van der Waals surface area contributed by atoms with Gasteiger partial charge in [-0.3, -0.25) is 4.90 Å². The van der Waals surface area contributed by atoms with Crippen molar-refractivity contribution in [2.45, 2.75) is 13.0 Å². The van der Waals surface area contributed by atoms with Crippen molar-refractivity contribution in [2.75, 3.05) is 37.7 Å². The molecule has 7 nitrogen and oxygen atoms in total. The number of aryl methyl sites for hydroxylation is 1. The number of aliphatic hydroxyl groups excluding tert-OH is 1. The molecule has 0 saturated carbocycles. The summed E-state index contributed by atoms with van der Waals surface area (Å²) in [6.45, 7) is 5.25. The number of piperazine rings is 1. The fourth-order valence-electron chi connectivity index (χ4n) is 3.49. The van der Waals surface area contributed by atoms with Gasteiger partial charge in [0.2, 0.25) is 0 Å². The summed E-state index contributed by atoms with van der Waals surface area (Å²) >= 11 is 5.98. The molecule has 28 heavy (non-hydrogen) atoms. The van der Waals surface area contributed by atoms with Gasteiger partial charge in [0.05, 0.1) is 18.2 Å². The number of nitrogens with zero attached hydrogens (tertiary/aromatic N) is 5. The largest absolute Gasteiger partial charge is 0.394 e. The molecule has 1 fully saturated rings. The summed E-state index contributed by atoms with van der Waals surface area (Å²) in [4.78, 5) is 13.3. The number of aliphatic hydroxyl groups is 1. The Morgan fingerprint density at radius 2 is 1.86 bits per heavy atom. The third kappa shape index (κ3) is 4.01. The third-order valence-corrected chi connectivity index (χ3v) is 5.28. The first-order chi connectivity index (χ1) is 13.6. The van der Waals surface area contributed by atoms with E-state index in [2.05, 4.69) is 24.9 Å². The Bertz CT molecular complexity index is 905. The first-order valence-electron chi connectivity index (χ1n) is 9.26. The molecule has 2 aromatic heterocycles. The normalized spacial score (nSPS) is 16.3. The topological polar surface area (TPSA) is 78.5 Å². The van der Waals surface area contributed by atoms with Crippen molar-refractivity contribution in [2.24, 2.45) is 0 Å². The van der Waals surface area contributed by atoms with Crippen molar-refractivity contribution < 1.29 is 9.63 Å². The monoisotopic (exact) mass is 399 g/mol. The quantitative estimate of drug-likeness (QED) is 0.706. The van der Waals surface area contributed by atoms with Crippen molar-refractivity contribution in [1.82, 2.24) is 20.0 Å². The van der Waals surface area contributed by atoms with Gasteiger partial charge in [0.25, 0.3) is 5.89 Å². The molecule has 3 heterocycles. The molecular weight excluding hydrogens is 378 g/mol. The van der Waals surface area contributed by atoms with Crippen LogP contribution in [0.3, 0.4) is 0 Å². The lowest BCUT2D eigenvalue weighted by atomic mass is 10.1. The average Bonchev–Trinajstić information content (AvgIpc) is 3.17. The highest BCUT2D eigenvalue weighted by Crippen LogP contribution is 2.25. The van der Waals surface area contributed by atoms with Crippen molar-refractivity contribution in [3.63, 3.8) is 0 Å². The van der Waals surface area contributed by atoms with E-state index in [4.69, 9.17) is 16.1 Å². The van der Waals surface area contributed by atoms with E-state index < -0.39 is 0 Å². The Hall–Kier alpha value is -2.48. The molecule has 1 aliphatic rings. The second-order valence-electron chi connectivity index (χ2n) is 6.82. The van der Waals surface area contributed by atoms with Crippen LogP contribution < -0.4 is 4.90 Å². The predicted molar refractivity (Wildman–Crippen MR) is 107 cm³/mol. The van der Waals surface area contributed by atoms with Crippen LogP contribution in [0.2, 0.25) is 5.02 Å². The summed E-state index contributed by atoms with van der Waals surface area (Å²) in [6.07, 6.45) is 1.76. The standard InChI is InChI=1S/C20H22ClN5O2/c1-14-23-20(28-24-14)16-4-7-19(22-12-16)26-10-8-25(9-11-26)18(13-27)15-2-5-17(21)6-3-15/h2-7,12,18,27H,8-11,13H2,1H3. The van der Waals surface area contributed by atoms with Crippen LogP contribution in [0.15, 0.2) is 47.1 Å². The lowest BCUT2D eigenvalue weighted by molar-refractivity contribution is 0.117. The zero-order valence-corrected chi connectivity index (χ0v) is 16.4. The Morgan fingerprint density at radius 1 is 1.11 bits per heavy atom. The van der Waals surface area contributed by atoms with Gasteiger partial charge in [0.15, 0.2) is 5.82 Å². The van der Waals surface area contributed by atoms with E-state index in [0.717, 1.165) is 43.1 Å². The van der Waals surface area contributed by atoms with E-state index in [1.165, 1.54) is 0 Å². The Balaban J connectivity index is 1.40. The van der Waals surface area contributed by atoms with Crippen molar-refractivity contribution in [1.29, 1.82) is 0 Å². The number of hydrogen-bond acceptors (Lipinski definition) is 7. The number of rotatable bonds is 5. The molecule has 1 aliphatic heterocycles. The summed E-state index contributed by atoms with van der Waals surface area (Å²) in [6, 6.07) is 11.6. The molecule has 1 unspecified atom stereocenters. The van der Waals surface area contributed by atoms with Crippen LogP contribution >= 0.6 is 11.6 Å². The Kier molecular flexibility index (Phi) is 5.57. The van der Waals surface area contributed by atoms with Crippen LogP contribution in [0.4, 0.5) is 5.82 Å². The van der Waals surface area contributed by atoms with Gasteiger partial charge in [0.1, 0.15) is 5.82 Å². The van der Waals surface area contributed by atoms with Crippen LogP contribution in [0.25, 0.3) is 11.5 Å². The Labute approximate surface area is 168 Å². The molecule has 8 heteroatoms. The summed E-state index contributed by atoms with van der Waals surface area (Å²) in [5, 5.41) is 14.4. The van der Waals surface area contributed by atoms with Crippen LogP contribution in [0.5, 0.6) is 0 Å². The van der Waals surface area contributed by atoms with Gasteiger partial charge in [-0.05, 0) is 36.8 Å². The highest BCUT2D eigenvalue weighted by molar-refractivity contribution is 6.30. The minimum Gasteiger partial charge on any atom is -0.394 e. The van der Waals surface area contributed by atoms with Crippen molar-refractivity contribution in [3.8, 4) is 11.5 Å². The molecule has 3 aromatic rings. The lowest BCUT2D eigenvalue weighted by Crippen LogP contribution is -2.48. The Morgan fingerprint density at radius 3 is 2.43 bits per heavy atom. The number of pyridine rings is 1. The molecule has 4 rings (SSSR count). The van der Waals surface area contributed by atoms with E-state index in [1.807, 2.05) is 36.4 Å². The molecule has 1 aromatic carbocycles. The third-order valence-electron chi connectivity index (χ3n) is 5.03. The molecule has 0 radical (unpaired) electrons. The van der Waals surface area contributed by atoms with Gasteiger partial charge in [-0.15, -0.1) is 0 Å². The molecule has 1 saturated heterocycles. The molecule has 0 amide bonds. The summed E-state index contributed by atoms with van der Waals surface area (Å²) in [5.74, 6) is 2.01. The van der Waals surface area contributed by atoms with Crippen molar-refractivity contribution >= 4 is 17.4 Å². The smallest absolute Gasteiger partial charge is 0.259 e. The number of halogens is 1. The van der Waals surface area contributed by atoms with Gasteiger partial charge < -0.3 is 14.5 Å². The van der Waals surface area contributed by atoms with Crippen molar-refractivity contribution in [3.05, 3.63) is 59.0 Å². The summed E-state index contributed by atoms with van der Waals surface area (Å²) in [7, 11) is 0. The maximum absolute atomic E-state index is 9.90. The molecule has 1 atom stereocenters. The molecule has 0 bridgehead atoms. The van der Waals surface area contributed by atoms with Gasteiger partial charge in [-0.2, -0.15) is 4.98 Å². The van der Waals surface area contributed by atoms with E-state index in [1.54, 1.807) is 13.1 Å². The highest BCUT2D eigenvalue weighted by Gasteiger charge is 2.25. The van der Waals surface area contributed by atoms with Crippen LogP contribution in [0, 0.1) is 6.92 Å². The fourth-order valence-corrected chi connectivity index (χ4v) is 3.62. The van der Waals surface area contributed by atoms with Crippen LogP contribution in [-0.2, 0) is 0 Å². The lowest BCUT2D eigenvalue weighted by Gasteiger charge is -2.39. The SMILES string of the molecule is Cc1noc(-c2ccc(N3CCN(C(CO)c4ccc(Cl)cc4)CC3)nc2)n1. The molecule has 146 valence electrons. The van der Waals surface area contributed by atoms with E-state index >= 15 is 0 Å². The average molecular weight is 400 g/mol. The van der Waals surface area contributed by atoms with E-state index in [9.17, 15) is 5.11 Å². The predicted octanol–water partition coefficient (Wildman–Crippen LogP) is 2.95. The van der Waals surface area contributed by atoms with E-state index in [0.29, 0.717) is 16.7 Å². The fraction of sp³-hybridized carbons (Fsp3) is 0.350. The first-order valence-corrected chi connectivity index (χ1v) is 9.64. The molecule has 1 N–H and O–H groups in total. The molecular formula is C20H22ClN5O2. The van der Waals surface area contributed by atoms with Gasteiger partial charge in [-0.25, -0.2) is 4.98 Å². The van der Waals surface area contributed by atoms with Gasteiger partial charge in [0, 0.05) is 37.4 Å².